The molecule has 4 rings (SSSR count). The van der Waals surface area contributed by atoms with Crippen molar-refractivity contribution in [2.24, 2.45) is 0 Å². The quantitative estimate of drug-likeness (QED) is 0.632. The second-order valence-electron chi connectivity index (χ2n) is 7.63. The van der Waals surface area contributed by atoms with Crippen molar-refractivity contribution in [2.45, 2.75) is 32.7 Å². The molecule has 2 N–H and O–H groups in total. The summed E-state index contributed by atoms with van der Waals surface area (Å²) < 4.78 is 5.27. The molecule has 3 aromatic rings. The number of H-pyrrole nitrogens is 1. The molecule has 7 nitrogen and oxygen atoms in total. The van der Waals surface area contributed by atoms with E-state index in [1.807, 2.05) is 12.1 Å². The Bertz CT molecular complexity index is 1110. The van der Waals surface area contributed by atoms with Crippen LogP contribution in [-0.4, -0.2) is 47.5 Å². The highest BCUT2D eigenvalue weighted by Gasteiger charge is 2.25. The number of nitrogens with zero attached hydrogens (tertiary/aromatic N) is 2. The van der Waals surface area contributed by atoms with Gasteiger partial charge in [0, 0.05) is 6.54 Å². The fourth-order valence-electron chi connectivity index (χ4n) is 4.07. The number of carbonyl (C=O) groups excluding carboxylic acids is 1. The molecule has 8 heteroatoms. The molecular formula is C22H26N4O3S. The molecule has 1 aromatic carbocycles. The van der Waals surface area contributed by atoms with Crippen LogP contribution in [-0.2, 0) is 0 Å². The zero-order chi connectivity index (χ0) is 21.3. The smallest absolute Gasteiger partial charge is 0.261 e. The van der Waals surface area contributed by atoms with Gasteiger partial charge in [-0.3, -0.25) is 14.5 Å². The Labute approximate surface area is 179 Å². The third kappa shape index (κ3) is 3.97. The number of aromatic nitrogens is 2. The lowest BCUT2D eigenvalue weighted by Crippen LogP contribution is -2.36. The Morgan fingerprint density at radius 3 is 2.63 bits per heavy atom. The summed E-state index contributed by atoms with van der Waals surface area (Å²) in [6.07, 6.45) is 2.34. The van der Waals surface area contributed by atoms with Crippen molar-refractivity contribution in [2.75, 3.05) is 26.7 Å². The second-order valence-corrected chi connectivity index (χ2v) is 8.63. The summed E-state index contributed by atoms with van der Waals surface area (Å²) in [6.45, 7) is 6.09. The molecular weight excluding hydrogens is 400 g/mol. The molecule has 0 saturated carbocycles. The lowest BCUT2D eigenvalue weighted by molar-refractivity contribution is 0.0941. The van der Waals surface area contributed by atoms with Crippen molar-refractivity contribution in [3.8, 4) is 5.75 Å². The van der Waals surface area contributed by atoms with Crippen LogP contribution in [0.1, 0.15) is 45.5 Å². The molecule has 0 bridgehead atoms. The molecule has 0 unspecified atom stereocenters. The van der Waals surface area contributed by atoms with E-state index >= 15 is 0 Å². The van der Waals surface area contributed by atoms with Crippen molar-refractivity contribution >= 4 is 27.5 Å². The van der Waals surface area contributed by atoms with Crippen molar-refractivity contribution in [1.29, 1.82) is 0 Å². The number of carbonyl (C=O) groups is 1. The monoisotopic (exact) mass is 426 g/mol. The van der Waals surface area contributed by atoms with Crippen LogP contribution in [0.4, 0.5) is 0 Å². The SMILES string of the molecule is COc1ccc([C@H](CNC(=O)c2sc3nc(C)[nH]c(=O)c3c2C)N2CCCC2)cc1. The Morgan fingerprint density at radius 1 is 1.27 bits per heavy atom. The molecule has 0 aliphatic carbocycles. The third-order valence-corrected chi connectivity index (χ3v) is 6.85. The van der Waals surface area contributed by atoms with Gasteiger partial charge in [0.2, 0.25) is 0 Å². The molecule has 2 aromatic heterocycles. The molecule has 1 fully saturated rings. The highest BCUT2D eigenvalue weighted by atomic mass is 32.1. The largest absolute Gasteiger partial charge is 0.497 e. The van der Waals surface area contributed by atoms with E-state index in [-0.39, 0.29) is 17.5 Å². The number of methoxy groups -OCH3 is 1. The highest BCUT2D eigenvalue weighted by Crippen LogP contribution is 2.29. The predicted octanol–water partition coefficient (Wildman–Crippen LogP) is 3.18. The van der Waals surface area contributed by atoms with Crippen molar-refractivity contribution < 1.29 is 9.53 Å². The van der Waals surface area contributed by atoms with E-state index in [1.54, 1.807) is 21.0 Å². The summed E-state index contributed by atoms with van der Waals surface area (Å²) >= 11 is 1.27. The first-order valence-corrected chi connectivity index (χ1v) is 11.0. The van der Waals surface area contributed by atoms with Gasteiger partial charge in [0.15, 0.2) is 0 Å². The van der Waals surface area contributed by atoms with E-state index < -0.39 is 0 Å². The standard InChI is InChI=1S/C22H26N4O3S/c1-13-18-20(27)24-14(2)25-22(18)30-19(13)21(28)23-12-17(26-10-4-5-11-26)15-6-8-16(29-3)9-7-15/h6-9,17H,4-5,10-12H2,1-3H3,(H,23,28)(H,24,25,27)/t17-/m0/s1. The molecule has 1 saturated heterocycles. The number of thiophene rings is 1. The van der Waals surface area contributed by atoms with Crippen LogP contribution in [0.25, 0.3) is 10.2 Å². The third-order valence-electron chi connectivity index (χ3n) is 5.66. The highest BCUT2D eigenvalue weighted by molar-refractivity contribution is 7.20. The lowest BCUT2D eigenvalue weighted by Gasteiger charge is -2.28. The lowest BCUT2D eigenvalue weighted by atomic mass is 10.0. The van der Waals surface area contributed by atoms with E-state index in [0.29, 0.717) is 33.0 Å². The molecule has 1 aliphatic heterocycles. The number of aryl methyl sites for hydroxylation is 2. The van der Waals surface area contributed by atoms with Gasteiger partial charge in [0.1, 0.15) is 16.4 Å². The first-order chi connectivity index (χ1) is 14.5. The van der Waals surface area contributed by atoms with E-state index in [4.69, 9.17) is 4.74 Å². The number of ether oxygens (including phenoxy) is 1. The number of hydrogen-bond acceptors (Lipinski definition) is 6. The van der Waals surface area contributed by atoms with Crippen molar-refractivity contribution in [3.63, 3.8) is 0 Å². The van der Waals surface area contributed by atoms with E-state index in [0.717, 1.165) is 24.4 Å². The summed E-state index contributed by atoms with van der Waals surface area (Å²) in [4.78, 5) is 36.0. The van der Waals surface area contributed by atoms with Crippen LogP contribution in [0.3, 0.4) is 0 Å². The van der Waals surface area contributed by atoms with Crippen LogP contribution in [0.15, 0.2) is 29.1 Å². The summed E-state index contributed by atoms with van der Waals surface area (Å²) in [5.74, 6) is 1.21. The minimum Gasteiger partial charge on any atom is -0.497 e. The van der Waals surface area contributed by atoms with Crippen LogP contribution >= 0.6 is 11.3 Å². The first-order valence-electron chi connectivity index (χ1n) is 10.1. The molecule has 158 valence electrons. The van der Waals surface area contributed by atoms with E-state index in [2.05, 4.69) is 32.3 Å². The van der Waals surface area contributed by atoms with Gasteiger partial charge in [0.05, 0.1) is 23.4 Å². The van der Waals surface area contributed by atoms with Gasteiger partial charge in [-0.25, -0.2) is 4.98 Å². The summed E-state index contributed by atoms with van der Waals surface area (Å²) in [5, 5.41) is 3.60. The van der Waals surface area contributed by atoms with Crippen LogP contribution in [0.2, 0.25) is 0 Å². The number of rotatable bonds is 6. The Hall–Kier alpha value is -2.71. The second kappa shape index (κ2) is 8.57. The predicted molar refractivity (Wildman–Crippen MR) is 119 cm³/mol. The number of nitrogens with one attached hydrogen (secondary N) is 2. The molecule has 1 amide bonds. The Balaban J connectivity index is 1.56. The van der Waals surface area contributed by atoms with Gasteiger partial charge >= 0.3 is 0 Å². The maximum Gasteiger partial charge on any atom is 0.261 e. The normalized spacial score (nSPS) is 15.4. The maximum absolute atomic E-state index is 13.0. The number of fused-ring (bicyclic) bond motifs is 1. The molecule has 1 atom stereocenters. The van der Waals surface area contributed by atoms with Gasteiger partial charge in [-0.05, 0) is 63.0 Å². The summed E-state index contributed by atoms with van der Waals surface area (Å²) in [5.41, 5.74) is 1.64. The molecule has 0 spiro atoms. The average Bonchev–Trinajstić information content (AvgIpc) is 3.37. The fourth-order valence-corrected chi connectivity index (χ4v) is 5.22. The zero-order valence-corrected chi connectivity index (χ0v) is 18.3. The van der Waals surface area contributed by atoms with Crippen molar-refractivity contribution in [1.82, 2.24) is 20.2 Å². The zero-order valence-electron chi connectivity index (χ0n) is 17.4. The van der Waals surface area contributed by atoms with Crippen LogP contribution in [0, 0.1) is 13.8 Å². The summed E-state index contributed by atoms with van der Waals surface area (Å²) in [6, 6.07) is 8.13. The van der Waals surface area contributed by atoms with Gasteiger partial charge in [-0.1, -0.05) is 12.1 Å². The number of aromatic amines is 1. The molecule has 0 radical (unpaired) electrons. The molecule has 3 heterocycles. The minimum atomic E-state index is -0.196. The topological polar surface area (TPSA) is 87.3 Å². The average molecular weight is 427 g/mol. The van der Waals surface area contributed by atoms with Crippen molar-refractivity contribution in [3.05, 3.63) is 56.4 Å². The number of likely N-dealkylation sites (tertiary alicyclic amines) is 1. The van der Waals surface area contributed by atoms with Crippen LogP contribution in [0.5, 0.6) is 5.75 Å². The van der Waals surface area contributed by atoms with E-state index in [1.165, 1.54) is 24.2 Å². The maximum atomic E-state index is 13.0. The van der Waals surface area contributed by atoms with Gasteiger partial charge in [-0.2, -0.15) is 0 Å². The molecule has 30 heavy (non-hydrogen) atoms. The van der Waals surface area contributed by atoms with E-state index in [9.17, 15) is 9.59 Å². The first kappa shape index (κ1) is 20.6. The molecule has 1 aliphatic rings. The Morgan fingerprint density at radius 2 is 1.97 bits per heavy atom. The minimum absolute atomic E-state index is 0.0980. The van der Waals surface area contributed by atoms with Gasteiger partial charge in [0.25, 0.3) is 11.5 Å². The number of amides is 1. The van der Waals surface area contributed by atoms with Crippen LogP contribution < -0.4 is 15.6 Å². The van der Waals surface area contributed by atoms with Gasteiger partial charge in [-0.15, -0.1) is 11.3 Å². The fraction of sp³-hybridized carbons (Fsp3) is 0.409. The Kier molecular flexibility index (Phi) is 5.87. The summed E-state index contributed by atoms with van der Waals surface area (Å²) in [7, 11) is 1.65. The number of hydrogen-bond donors (Lipinski definition) is 2. The number of benzene rings is 1. The van der Waals surface area contributed by atoms with Gasteiger partial charge < -0.3 is 15.0 Å².